The molecule has 1 N–H and O–H groups in total. The van der Waals surface area contributed by atoms with Gasteiger partial charge in [-0.15, -0.1) is 11.3 Å². The van der Waals surface area contributed by atoms with Gasteiger partial charge in [-0.1, -0.05) is 35.3 Å². The minimum absolute atomic E-state index is 0.167. The van der Waals surface area contributed by atoms with Gasteiger partial charge in [0.2, 0.25) is 0 Å². The van der Waals surface area contributed by atoms with Gasteiger partial charge in [0.05, 0.1) is 10.0 Å². The summed E-state index contributed by atoms with van der Waals surface area (Å²) in [4.78, 5) is 18.5. The molecule has 1 aromatic carbocycles. The van der Waals surface area contributed by atoms with Crippen LogP contribution in [0.25, 0.3) is 10.6 Å². The van der Waals surface area contributed by atoms with Crippen LogP contribution >= 0.6 is 34.5 Å². The first-order valence-electron chi connectivity index (χ1n) is 6.82. The molecule has 1 heterocycles. The molecule has 0 aliphatic carbocycles. The third kappa shape index (κ3) is 4.43. The fourth-order valence-electron chi connectivity index (χ4n) is 1.86. The van der Waals surface area contributed by atoms with E-state index in [1.807, 2.05) is 26.2 Å². The van der Waals surface area contributed by atoms with E-state index in [2.05, 4.69) is 15.2 Å². The summed E-state index contributed by atoms with van der Waals surface area (Å²) in [5.74, 6) is -0.167. The first-order chi connectivity index (χ1) is 10.5. The van der Waals surface area contributed by atoms with Crippen LogP contribution in [0.2, 0.25) is 10.0 Å². The van der Waals surface area contributed by atoms with E-state index in [9.17, 15) is 4.79 Å². The second-order valence-electron chi connectivity index (χ2n) is 5.05. The molecule has 0 saturated carbocycles. The van der Waals surface area contributed by atoms with Crippen LogP contribution in [0.4, 0.5) is 0 Å². The van der Waals surface area contributed by atoms with Crippen LogP contribution in [-0.2, 0) is 0 Å². The smallest absolute Gasteiger partial charge is 0.270 e. The fraction of sp³-hybridized carbons (Fsp3) is 0.333. The van der Waals surface area contributed by atoms with Crippen molar-refractivity contribution in [3.05, 3.63) is 39.3 Å². The van der Waals surface area contributed by atoms with E-state index >= 15 is 0 Å². The summed E-state index contributed by atoms with van der Waals surface area (Å²) in [6.07, 6.45) is 0.899. The molecule has 0 bridgehead atoms. The molecule has 2 rings (SSSR count). The Labute approximate surface area is 144 Å². The van der Waals surface area contributed by atoms with Crippen molar-refractivity contribution in [3.63, 3.8) is 0 Å². The van der Waals surface area contributed by atoms with Gasteiger partial charge < -0.3 is 10.2 Å². The maximum atomic E-state index is 12.0. The van der Waals surface area contributed by atoms with E-state index < -0.39 is 0 Å². The number of thiazole rings is 1. The average Bonchev–Trinajstić information content (AvgIpc) is 2.96. The molecule has 7 heteroatoms. The standard InChI is InChI=1S/C15H17Cl2N3OS/c1-20(2)8-4-7-18-14(21)12-9-22-15(19-12)10-5-3-6-11(16)13(10)17/h3,5-6,9H,4,7-8H2,1-2H3,(H,18,21). The molecule has 0 radical (unpaired) electrons. The third-order valence-electron chi connectivity index (χ3n) is 2.99. The molecule has 1 amide bonds. The van der Waals surface area contributed by atoms with Gasteiger partial charge in [-0.05, 0) is 33.1 Å². The lowest BCUT2D eigenvalue weighted by molar-refractivity contribution is 0.0948. The number of amides is 1. The minimum atomic E-state index is -0.167. The number of hydrogen-bond acceptors (Lipinski definition) is 4. The summed E-state index contributed by atoms with van der Waals surface area (Å²) in [5.41, 5.74) is 1.15. The summed E-state index contributed by atoms with van der Waals surface area (Å²) >= 11 is 13.6. The van der Waals surface area contributed by atoms with E-state index in [0.717, 1.165) is 18.5 Å². The van der Waals surface area contributed by atoms with Gasteiger partial charge in [-0.3, -0.25) is 4.79 Å². The molecule has 22 heavy (non-hydrogen) atoms. The molecule has 0 aliphatic rings. The maximum Gasteiger partial charge on any atom is 0.270 e. The van der Waals surface area contributed by atoms with Crippen molar-refractivity contribution in [2.45, 2.75) is 6.42 Å². The predicted molar refractivity (Wildman–Crippen MR) is 93.1 cm³/mol. The first kappa shape index (κ1) is 17.2. The molecule has 0 spiro atoms. The van der Waals surface area contributed by atoms with E-state index in [-0.39, 0.29) is 5.91 Å². The second kappa shape index (κ2) is 7.92. The molecular weight excluding hydrogens is 341 g/mol. The maximum absolute atomic E-state index is 12.0. The Balaban J connectivity index is 2.02. The SMILES string of the molecule is CN(C)CCCNC(=O)c1csc(-c2cccc(Cl)c2Cl)n1. The topological polar surface area (TPSA) is 45.2 Å². The number of halogens is 2. The molecular formula is C15H17Cl2N3OS. The van der Waals surface area contributed by atoms with E-state index in [1.165, 1.54) is 11.3 Å². The molecule has 118 valence electrons. The highest BCUT2D eigenvalue weighted by Gasteiger charge is 2.14. The van der Waals surface area contributed by atoms with Crippen LogP contribution in [0.5, 0.6) is 0 Å². The Morgan fingerprint density at radius 3 is 2.86 bits per heavy atom. The Kier molecular flexibility index (Phi) is 6.20. The normalized spacial score (nSPS) is 11.0. The van der Waals surface area contributed by atoms with Crippen LogP contribution in [0.1, 0.15) is 16.9 Å². The average molecular weight is 358 g/mol. The van der Waals surface area contributed by atoms with Crippen molar-refractivity contribution in [2.75, 3.05) is 27.2 Å². The molecule has 0 atom stereocenters. The van der Waals surface area contributed by atoms with Crippen molar-refractivity contribution in [2.24, 2.45) is 0 Å². The number of rotatable bonds is 6. The highest BCUT2D eigenvalue weighted by Crippen LogP contribution is 2.34. The van der Waals surface area contributed by atoms with Gasteiger partial charge >= 0.3 is 0 Å². The molecule has 0 fully saturated rings. The van der Waals surface area contributed by atoms with Crippen LogP contribution in [-0.4, -0.2) is 43.0 Å². The van der Waals surface area contributed by atoms with Gasteiger partial charge in [0.1, 0.15) is 10.7 Å². The Morgan fingerprint density at radius 2 is 2.14 bits per heavy atom. The number of aromatic nitrogens is 1. The van der Waals surface area contributed by atoms with Gasteiger partial charge in [0, 0.05) is 17.5 Å². The summed E-state index contributed by atoms with van der Waals surface area (Å²) in [5, 5.41) is 6.21. The predicted octanol–water partition coefficient (Wildman–Crippen LogP) is 3.80. The monoisotopic (exact) mass is 357 g/mol. The summed E-state index contributed by atoms with van der Waals surface area (Å²) < 4.78 is 0. The number of nitrogens with one attached hydrogen (secondary N) is 1. The zero-order valence-corrected chi connectivity index (χ0v) is 14.7. The highest BCUT2D eigenvalue weighted by molar-refractivity contribution is 7.13. The molecule has 0 unspecified atom stereocenters. The van der Waals surface area contributed by atoms with Crippen LogP contribution in [0, 0.1) is 0 Å². The van der Waals surface area contributed by atoms with Gasteiger partial charge in [-0.2, -0.15) is 0 Å². The zero-order chi connectivity index (χ0) is 16.1. The quantitative estimate of drug-likeness (QED) is 0.799. The van der Waals surface area contributed by atoms with E-state index in [4.69, 9.17) is 23.2 Å². The van der Waals surface area contributed by atoms with Crippen molar-refractivity contribution >= 4 is 40.4 Å². The molecule has 0 aliphatic heterocycles. The van der Waals surface area contributed by atoms with Crippen molar-refractivity contribution in [3.8, 4) is 10.6 Å². The second-order valence-corrected chi connectivity index (χ2v) is 6.70. The summed E-state index contributed by atoms with van der Waals surface area (Å²) in [6, 6.07) is 5.37. The fourth-order valence-corrected chi connectivity index (χ4v) is 3.14. The third-order valence-corrected chi connectivity index (χ3v) is 4.68. The first-order valence-corrected chi connectivity index (χ1v) is 8.45. The van der Waals surface area contributed by atoms with Gasteiger partial charge in [0.15, 0.2) is 0 Å². The largest absolute Gasteiger partial charge is 0.351 e. The number of benzene rings is 1. The number of nitrogens with zero attached hydrogens (tertiary/aromatic N) is 2. The minimum Gasteiger partial charge on any atom is -0.351 e. The van der Waals surface area contributed by atoms with E-state index in [0.29, 0.717) is 27.3 Å². The Bertz CT molecular complexity index is 658. The lowest BCUT2D eigenvalue weighted by Crippen LogP contribution is -2.27. The van der Waals surface area contributed by atoms with Crippen LogP contribution < -0.4 is 5.32 Å². The van der Waals surface area contributed by atoms with Gasteiger partial charge in [-0.25, -0.2) is 4.98 Å². The molecule has 2 aromatic rings. The van der Waals surface area contributed by atoms with Crippen LogP contribution in [0.3, 0.4) is 0 Å². The highest BCUT2D eigenvalue weighted by atomic mass is 35.5. The van der Waals surface area contributed by atoms with Crippen molar-refractivity contribution in [1.29, 1.82) is 0 Å². The summed E-state index contributed by atoms with van der Waals surface area (Å²) in [7, 11) is 4.01. The number of carbonyl (C=O) groups is 1. The Hall–Kier alpha value is -1.14. The summed E-state index contributed by atoms with van der Waals surface area (Å²) in [6.45, 7) is 1.56. The van der Waals surface area contributed by atoms with Gasteiger partial charge in [0.25, 0.3) is 5.91 Å². The van der Waals surface area contributed by atoms with Crippen LogP contribution in [0.15, 0.2) is 23.6 Å². The zero-order valence-electron chi connectivity index (χ0n) is 12.4. The van der Waals surface area contributed by atoms with Crippen molar-refractivity contribution in [1.82, 2.24) is 15.2 Å². The van der Waals surface area contributed by atoms with Crippen molar-refractivity contribution < 1.29 is 4.79 Å². The lowest BCUT2D eigenvalue weighted by Gasteiger charge is -2.09. The number of carbonyl (C=O) groups excluding carboxylic acids is 1. The molecule has 1 aromatic heterocycles. The lowest BCUT2D eigenvalue weighted by atomic mass is 10.2. The molecule has 0 saturated heterocycles. The number of hydrogen-bond donors (Lipinski definition) is 1. The van der Waals surface area contributed by atoms with E-state index in [1.54, 1.807) is 11.4 Å². The molecule has 4 nitrogen and oxygen atoms in total. The Morgan fingerprint density at radius 1 is 1.36 bits per heavy atom.